The quantitative estimate of drug-likeness (QED) is 0.444. The van der Waals surface area contributed by atoms with E-state index in [-0.39, 0.29) is 12.6 Å². The van der Waals surface area contributed by atoms with E-state index in [1.54, 1.807) is 0 Å². The summed E-state index contributed by atoms with van der Waals surface area (Å²) in [6.45, 7) is 0.644. The number of carboxylic acids is 2. The molecule has 0 aromatic heterocycles. The number of benzene rings is 1. The number of aryl methyl sites for hydroxylation is 1. The lowest BCUT2D eigenvalue weighted by molar-refractivity contribution is -0.139. The topological polar surface area (TPSA) is 139 Å². The molecule has 1 aromatic rings. The van der Waals surface area contributed by atoms with E-state index in [0.717, 1.165) is 25.7 Å². The Bertz CT molecular complexity index is 536. The van der Waals surface area contributed by atoms with Crippen molar-refractivity contribution in [3.05, 3.63) is 35.4 Å². The fourth-order valence-corrected chi connectivity index (χ4v) is 2.61. The molecular formula is C17H27N3O4. The summed E-state index contributed by atoms with van der Waals surface area (Å²) in [4.78, 5) is 20.5. The molecular weight excluding hydrogens is 310 g/mol. The number of rotatable bonds is 8. The van der Waals surface area contributed by atoms with Gasteiger partial charge in [-0.1, -0.05) is 30.7 Å². The number of aliphatic carboxylic acids is 2. The first kappa shape index (κ1) is 20.1. The number of nitrogens with two attached hydrogens (primary N) is 2. The van der Waals surface area contributed by atoms with Crippen LogP contribution in [0, 0.1) is 0 Å². The Morgan fingerprint density at radius 2 is 1.96 bits per heavy atom. The maximum absolute atomic E-state index is 10.4. The van der Waals surface area contributed by atoms with E-state index in [1.807, 2.05) is 12.1 Å². The van der Waals surface area contributed by atoms with Crippen molar-refractivity contribution < 1.29 is 19.8 Å². The number of carboxylic acid groups (broad SMARTS) is 2. The molecule has 7 nitrogen and oxygen atoms in total. The second kappa shape index (κ2) is 10.7. The fraction of sp³-hybridized carbons (Fsp3) is 0.529. The van der Waals surface area contributed by atoms with Crippen LogP contribution in [0.4, 0.5) is 0 Å². The van der Waals surface area contributed by atoms with Gasteiger partial charge in [0.1, 0.15) is 6.04 Å². The molecule has 0 amide bonds. The predicted octanol–water partition coefficient (Wildman–Crippen LogP) is 0.875. The summed E-state index contributed by atoms with van der Waals surface area (Å²) in [5.41, 5.74) is 13.0. The van der Waals surface area contributed by atoms with Gasteiger partial charge in [0.15, 0.2) is 0 Å². The second-order valence-corrected chi connectivity index (χ2v) is 5.79. The Labute approximate surface area is 142 Å². The van der Waals surface area contributed by atoms with Gasteiger partial charge in [-0.2, -0.15) is 0 Å². The van der Waals surface area contributed by atoms with Gasteiger partial charge in [0.05, 0.1) is 6.54 Å². The van der Waals surface area contributed by atoms with E-state index in [1.165, 1.54) is 11.1 Å². The van der Waals surface area contributed by atoms with E-state index in [9.17, 15) is 9.59 Å². The number of hydrogen-bond acceptors (Lipinski definition) is 5. The standard InChI is InChI=1S/C11H13NO2.C6H14N2O2/c13-11(14)7-12-10-6-5-8-3-1-2-4-9(8)10;7-4-2-1-3-5(8)6(9)10/h1-4,10,12H,5-7H2,(H,13,14);5H,1-4,7-8H2,(H,9,10)/t;5-/m.0/s1. The van der Waals surface area contributed by atoms with Crippen LogP contribution < -0.4 is 16.8 Å². The van der Waals surface area contributed by atoms with E-state index < -0.39 is 18.0 Å². The highest BCUT2D eigenvalue weighted by molar-refractivity contribution is 5.72. The van der Waals surface area contributed by atoms with Crippen molar-refractivity contribution in [2.75, 3.05) is 13.1 Å². The van der Waals surface area contributed by atoms with Crippen LogP contribution in [0.2, 0.25) is 0 Å². The van der Waals surface area contributed by atoms with Crippen molar-refractivity contribution >= 4 is 11.9 Å². The van der Waals surface area contributed by atoms with Crippen LogP contribution in [0.5, 0.6) is 0 Å². The third-order valence-electron chi connectivity index (χ3n) is 3.92. The molecule has 7 heteroatoms. The molecule has 0 spiro atoms. The van der Waals surface area contributed by atoms with Gasteiger partial charge in [0, 0.05) is 6.04 Å². The Balaban J connectivity index is 0.000000257. The smallest absolute Gasteiger partial charge is 0.320 e. The van der Waals surface area contributed by atoms with E-state index in [0.29, 0.717) is 13.0 Å². The zero-order valence-corrected chi connectivity index (χ0v) is 13.8. The zero-order valence-electron chi connectivity index (χ0n) is 13.8. The van der Waals surface area contributed by atoms with Crippen LogP contribution in [0.1, 0.15) is 42.9 Å². The Kier molecular flexibility index (Phi) is 8.99. The molecule has 0 fully saturated rings. The Morgan fingerprint density at radius 3 is 2.58 bits per heavy atom. The van der Waals surface area contributed by atoms with Gasteiger partial charge >= 0.3 is 11.9 Å². The van der Waals surface area contributed by atoms with Crippen LogP contribution in [-0.2, 0) is 16.0 Å². The molecule has 134 valence electrons. The normalized spacial score (nSPS) is 16.7. The lowest BCUT2D eigenvalue weighted by Crippen LogP contribution is -2.29. The van der Waals surface area contributed by atoms with Crippen LogP contribution in [0.3, 0.4) is 0 Å². The molecule has 7 N–H and O–H groups in total. The van der Waals surface area contributed by atoms with Crippen molar-refractivity contribution in [3.8, 4) is 0 Å². The summed E-state index contributed by atoms with van der Waals surface area (Å²) in [6, 6.07) is 7.71. The van der Waals surface area contributed by atoms with Crippen molar-refractivity contribution in [1.29, 1.82) is 0 Å². The fourth-order valence-electron chi connectivity index (χ4n) is 2.61. The molecule has 0 heterocycles. The maximum atomic E-state index is 10.4. The summed E-state index contributed by atoms with van der Waals surface area (Å²) >= 11 is 0. The lowest BCUT2D eigenvalue weighted by Gasteiger charge is -2.11. The minimum absolute atomic E-state index is 0.0407. The second-order valence-electron chi connectivity index (χ2n) is 5.79. The van der Waals surface area contributed by atoms with Gasteiger partial charge in [-0.05, 0) is 43.4 Å². The van der Waals surface area contributed by atoms with Gasteiger partial charge in [0.2, 0.25) is 0 Å². The zero-order chi connectivity index (χ0) is 17.9. The number of nitrogens with one attached hydrogen (secondary N) is 1. The molecule has 1 unspecified atom stereocenters. The molecule has 24 heavy (non-hydrogen) atoms. The minimum atomic E-state index is -0.933. The van der Waals surface area contributed by atoms with Gasteiger partial charge in [-0.3, -0.25) is 9.59 Å². The van der Waals surface area contributed by atoms with Gasteiger partial charge < -0.3 is 27.0 Å². The Morgan fingerprint density at radius 1 is 1.25 bits per heavy atom. The number of carbonyl (C=O) groups is 2. The first-order valence-corrected chi connectivity index (χ1v) is 8.17. The number of fused-ring (bicyclic) bond motifs is 1. The first-order chi connectivity index (χ1) is 11.5. The number of unbranched alkanes of at least 4 members (excludes halogenated alkanes) is 1. The lowest BCUT2D eigenvalue weighted by atomic mass is 10.1. The van der Waals surface area contributed by atoms with E-state index in [4.69, 9.17) is 21.7 Å². The third-order valence-corrected chi connectivity index (χ3v) is 3.92. The van der Waals surface area contributed by atoms with Crippen LogP contribution in [0.15, 0.2) is 24.3 Å². The molecule has 0 radical (unpaired) electrons. The van der Waals surface area contributed by atoms with Crippen molar-refractivity contribution in [3.63, 3.8) is 0 Å². The van der Waals surface area contributed by atoms with Gasteiger partial charge in [0.25, 0.3) is 0 Å². The average Bonchev–Trinajstić information content (AvgIpc) is 2.97. The molecule has 0 saturated heterocycles. The molecule has 0 saturated carbocycles. The summed E-state index contributed by atoms with van der Waals surface area (Å²) < 4.78 is 0. The highest BCUT2D eigenvalue weighted by Crippen LogP contribution is 2.30. The largest absolute Gasteiger partial charge is 0.480 e. The third kappa shape index (κ3) is 7.08. The molecule has 1 aliphatic rings. The molecule has 2 atom stereocenters. The minimum Gasteiger partial charge on any atom is -0.480 e. The monoisotopic (exact) mass is 337 g/mol. The van der Waals surface area contributed by atoms with Crippen LogP contribution in [-0.4, -0.2) is 41.3 Å². The van der Waals surface area contributed by atoms with Gasteiger partial charge in [-0.25, -0.2) is 0 Å². The molecule has 1 aliphatic carbocycles. The number of hydrogen-bond donors (Lipinski definition) is 5. The van der Waals surface area contributed by atoms with Crippen molar-refractivity contribution in [1.82, 2.24) is 5.32 Å². The highest BCUT2D eigenvalue weighted by atomic mass is 16.4. The average molecular weight is 337 g/mol. The van der Waals surface area contributed by atoms with Crippen molar-refractivity contribution in [2.24, 2.45) is 11.5 Å². The van der Waals surface area contributed by atoms with Gasteiger partial charge in [-0.15, -0.1) is 0 Å². The maximum Gasteiger partial charge on any atom is 0.320 e. The summed E-state index contributed by atoms with van der Waals surface area (Å²) in [5.74, 6) is -1.73. The van der Waals surface area contributed by atoms with Crippen LogP contribution >= 0.6 is 0 Å². The predicted molar refractivity (Wildman–Crippen MR) is 91.7 cm³/mol. The SMILES string of the molecule is NCCCC[C@H](N)C(=O)O.O=C(O)CNC1CCc2ccccc21. The highest BCUT2D eigenvalue weighted by Gasteiger charge is 2.21. The van der Waals surface area contributed by atoms with Crippen LogP contribution in [0.25, 0.3) is 0 Å². The summed E-state index contributed by atoms with van der Waals surface area (Å²) in [5, 5.41) is 19.9. The van der Waals surface area contributed by atoms with E-state index in [2.05, 4.69) is 17.4 Å². The van der Waals surface area contributed by atoms with E-state index >= 15 is 0 Å². The van der Waals surface area contributed by atoms with Crippen molar-refractivity contribution in [2.45, 2.75) is 44.2 Å². The molecule has 2 rings (SSSR count). The summed E-state index contributed by atoms with van der Waals surface area (Å²) in [6.07, 6.45) is 4.22. The first-order valence-electron chi connectivity index (χ1n) is 8.17. The molecule has 0 bridgehead atoms. The summed E-state index contributed by atoms with van der Waals surface area (Å²) in [7, 11) is 0. The molecule has 1 aromatic carbocycles. The Hall–Kier alpha value is -1.96. The molecule has 0 aliphatic heterocycles.